The van der Waals surface area contributed by atoms with Crippen molar-refractivity contribution in [2.45, 2.75) is 59.0 Å². The lowest BCUT2D eigenvalue weighted by Gasteiger charge is -2.44. The number of hydrogen-bond donors (Lipinski definition) is 1. The van der Waals surface area contributed by atoms with Crippen molar-refractivity contribution in [3.05, 3.63) is 0 Å². The number of piperazine rings is 1. The molecule has 0 saturated carbocycles. The highest BCUT2D eigenvalue weighted by Gasteiger charge is 2.29. The highest BCUT2D eigenvalue weighted by molar-refractivity contribution is 5.77. The maximum atomic E-state index is 11.3. The molecule has 4 heteroatoms. The highest BCUT2D eigenvalue weighted by atomic mass is 16.1. The molecule has 118 valence electrons. The molecule has 0 aromatic rings. The van der Waals surface area contributed by atoms with Gasteiger partial charge in [0.25, 0.3) is 0 Å². The fraction of sp³-hybridized carbons (Fsp3) is 0.938. The maximum absolute atomic E-state index is 11.3. The smallest absolute Gasteiger partial charge is 0.143 e. The van der Waals surface area contributed by atoms with E-state index in [1.165, 1.54) is 25.8 Å². The van der Waals surface area contributed by atoms with E-state index in [0.717, 1.165) is 26.2 Å². The van der Waals surface area contributed by atoms with Gasteiger partial charge in [0.15, 0.2) is 0 Å². The quantitative estimate of drug-likeness (QED) is 0.654. The Labute approximate surface area is 124 Å². The highest BCUT2D eigenvalue weighted by Crippen LogP contribution is 2.16. The summed E-state index contributed by atoms with van der Waals surface area (Å²) in [4.78, 5) is 16.2. The van der Waals surface area contributed by atoms with E-state index in [2.05, 4.69) is 35.9 Å². The molecule has 0 radical (unpaired) electrons. The molecule has 0 bridgehead atoms. The zero-order chi connectivity index (χ0) is 15.0. The van der Waals surface area contributed by atoms with Gasteiger partial charge in [-0.1, -0.05) is 13.3 Å². The third-order valence-electron chi connectivity index (χ3n) is 4.16. The summed E-state index contributed by atoms with van der Waals surface area (Å²) in [5.41, 5.74) is 0. The molecule has 2 atom stereocenters. The third kappa shape index (κ3) is 6.33. The predicted molar refractivity (Wildman–Crippen MR) is 85.1 cm³/mol. The summed E-state index contributed by atoms with van der Waals surface area (Å²) < 4.78 is 0. The number of hydrogen-bond acceptors (Lipinski definition) is 4. The van der Waals surface area contributed by atoms with E-state index >= 15 is 0 Å². The molecular weight excluding hydrogens is 250 g/mol. The third-order valence-corrected chi connectivity index (χ3v) is 4.16. The van der Waals surface area contributed by atoms with Crippen LogP contribution in [0.5, 0.6) is 0 Å². The largest absolute Gasteiger partial charge is 0.317 e. The van der Waals surface area contributed by atoms with Crippen molar-refractivity contribution in [1.29, 1.82) is 0 Å². The second kappa shape index (κ2) is 9.48. The zero-order valence-electron chi connectivity index (χ0n) is 13.8. The first-order valence-electron chi connectivity index (χ1n) is 8.22. The maximum Gasteiger partial charge on any atom is 0.143 e. The molecule has 0 aliphatic carbocycles. The normalized spacial score (nSPS) is 25.0. The molecule has 1 aliphatic rings. The van der Waals surface area contributed by atoms with Crippen molar-refractivity contribution in [3.8, 4) is 0 Å². The van der Waals surface area contributed by atoms with Gasteiger partial charge in [-0.15, -0.1) is 0 Å². The van der Waals surface area contributed by atoms with Crippen LogP contribution >= 0.6 is 0 Å². The number of carbonyl (C=O) groups is 1. The summed E-state index contributed by atoms with van der Waals surface area (Å²) in [6, 6.07) is 0.980. The number of carbonyl (C=O) groups excluding carboxylic acids is 1. The summed E-state index contributed by atoms with van der Waals surface area (Å²) in [5, 5.41) is 3.37. The summed E-state index contributed by atoms with van der Waals surface area (Å²) >= 11 is 0. The van der Waals surface area contributed by atoms with Gasteiger partial charge >= 0.3 is 0 Å². The van der Waals surface area contributed by atoms with Crippen LogP contribution in [0.15, 0.2) is 0 Å². The zero-order valence-corrected chi connectivity index (χ0v) is 13.8. The number of nitrogens with zero attached hydrogens (tertiary/aromatic N) is 2. The van der Waals surface area contributed by atoms with Crippen molar-refractivity contribution in [2.75, 3.05) is 39.3 Å². The average molecular weight is 283 g/mol. The van der Waals surface area contributed by atoms with Crippen LogP contribution < -0.4 is 5.32 Å². The van der Waals surface area contributed by atoms with Crippen LogP contribution in [0.4, 0.5) is 0 Å². The van der Waals surface area contributed by atoms with Crippen molar-refractivity contribution >= 4 is 5.78 Å². The molecule has 2 unspecified atom stereocenters. The minimum atomic E-state index is 0.278. The first-order valence-corrected chi connectivity index (χ1v) is 8.22. The van der Waals surface area contributed by atoms with Crippen molar-refractivity contribution < 1.29 is 4.79 Å². The van der Waals surface area contributed by atoms with Crippen LogP contribution in [0, 0.1) is 0 Å². The Balaban J connectivity index is 2.22. The lowest BCUT2D eigenvalue weighted by Crippen LogP contribution is -2.57. The molecule has 0 amide bonds. The van der Waals surface area contributed by atoms with Crippen LogP contribution in [0.3, 0.4) is 0 Å². The van der Waals surface area contributed by atoms with E-state index in [1.807, 2.05) is 0 Å². The second-order valence-corrected chi connectivity index (χ2v) is 6.25. The van der Waals surface area contributed by atoms with Crippen molar-refractivity contribution in [1.82, 2.24) is 15.1 Å². The van der Waals surface area contributed by atoms with Crippen LogP contribution in [0.1, 0.15) is 47.0 Å². The summed E-state index contributed by atoms with van der Waals surface area (Å²) in [5.74, 6) is 0.278. The van der Waals surface area contributed by atoms with Gasteiger partial charge in [0.05, 0.1) is 6.54 Å². The molecule has 1 heterocycles. The number of rotatable bonds is 9. The van der Waals surface area contributed by atoms with Gasteiger partial charge in [-0.05, 0) is 53.2 Å². The molecule has 1 rings (SSSR count). The SMILES string of the molecule is CCNCCCCCN1CC(C)N(CC(C)=O)C(C)C1. The van der Waals surface area contributed by atoms with Crippen molar-refractivity contribution in [3.63, 3.8) is 0 Å². The molecule has 0 aromatic heterocycles. The Morgan fingerprint density at radius 2 is 1.80 bits per heavy atom. The fourth-order valence-corrected chi connectivity index (χ4v) is 3.16. The second-order valence-electron chi connectivity index (χ2n) is 6.25. The van der Waals surface area contributed by atoms with E-state index in [-0.39, 0.29) is 5.78 Å². The number of nitrogens with one attached hydrogen (secondary N) is 1. The Hall–Kier alpha value is -0.450. The molecule has 0 aromatic carbocycles. The van der Waals surface area contributed by atoms with Crippen LogP contribution in [0.2, 0.25) is 0 Å². The summed E-state index contributed by atoms with van der Waals surface area (Å²) in [6.45, 7) is 14.6. The minimum Gasteiger partial charge on any atom is -0.317 e. The van der Waals surface area contributed by atoms with Gasteiger partial charge in [-0.2, -0.15) is 0 Å². The Morgan fingerprint density at radius 1 is 1.15 bits per heavy atom. The van der Waals surface area contributed by atoms with Gasteiger partial charge < -0.3 is 10.2 Å². The lowest BCUT2D eigenvalue weighted by atomic mass is 10.1. The van der Waals surface area contributed by atoms with Gasteiger partial charge in [0, 0.05) is 25.2 Å². The van der Waals surface area contributed by atoms with E-state index in [4.69, 9.17) is 0 Å². The van der Waals surface area contributed by atoms with Gasteiger partial charge in [-0.25, -0.2) is 0 Å². The average Bonchev–Trinajstić information content (AvgIpc) is 2.38. The molecule has 1 aliphatic heterocycles. The first kappa shape index (κ1) is 17.6. The summed E-state index contributed by atoms with van der Waals surface area (Å²) in [6.07, 6.45) is 3.88. The Bertz CT molecular complexity index is 271. The van der Waals surface area contributed by atoms with Gasteiger partial charge in [0.1, 0.15) is 5.78 Å². The predicted octanol–water partition coefficient (Wildman–Crippen LogP) is 1.75. The lowest BCUT2D eigenvalue weighted by molar-refractivity contribution is -0.120. The Kier molecular flexibility index (Phi) is 8.34. The number of Topliss-reactive ketones (excluding diaryl/α,β-unsaturated/α-hetero) is 1. The Morgan fingerprint density at radius 3 is 2.35 bits per heavy atom. The molecule has 20 heavy (non-hydrogen) atoms. The van der Waals surface area contributed by atoms with Gasteiger partial charge in [0.2, 0.25) is 0 Å². The molecular formula is C16H33N3O. The van der Waals surface area contributed by atoms with Crippen LogP contribution in [0.25, 0.3) is 0 Å². The van der Waals surface area contributed by atoms with E-state index in [1.54, 1.807) is 6.92 Å². The standard InChI is InChI=1S/C16H33N3O/c1-5-17-9-7-6-8-10-18-11-14(2)19(13-16(4)20)15(3)12-18/h14-15,17H,5-13H2,1-4H3. The van der Waals surface area contributed by atoms with E-state index < -0.39 is 0 Å². The molecule has 1 fully saturated rings. The van der Waals surface area contributed by atoms with E-state index in [9.17, 15) is 4.79 Å². The first-order chi connectivity index (χ1) is 9.54. The number of unbranched alkanes of at least 4 members (excludes halogenated alkanes) is 2. The molecule has 1 N–H and O–H groups in total. The summed E-state index contributed by atoms with van der Waals surface area (Å²) in [7, 11) is 0. The fourth-order valence-electron chi connectivity index (χ4n) is 3.16. The monoisotopic (exact) mass is 283 g/mol. The number of ketones is 1. The molecule has 1 saturated heterocycles. The van der Waals surface area contributed by atoms with Crippen LogP contribution in [-0.2, 0) is 4.79 Å². The molecule has 4 nitrogen and oxygen atoms in total. The topological polar surface area (TPSA) is 35.6 Å². The van der Waals surface area contributed by atoms with Crippen LogP contribution in [-0.4, -0.2) is 66.9 Å². The van der Waals surface area contributed by atoms with Crippen molar-refractivity contribution in [2.24, 2.45) is 0 Å². The van der Waals surface area contributed by atoms with E-state index in [0.29, 0.717) is 18.6 Å². The molecule has 0 spiro atoms. The minimum absolute atomic E-state index is 0.278. The van der Waals surface area contributed by atoms with Gasteiger partial charge in [-0.3, -0.25) is 9.69 Å².